The average Bonchev–Trinajstić information content (AvgIpc) is 2.83. The van der Waals surface area contributed by atoms with Crippen LogP contribution in [0.2, 0.25) is 0 Å². The average molecular weight is 508 g/mol. The van der Waals surface area contributed by atoms with Gasteiger partial charge in [0.25, 0.3) is 0 Å². The number of aromatic nitrogens is 1. The zero-order valence-corrected chi connectivity index (χ0v) is 21.4. The lowest BCUT2D eigenvalue weighted by Crippen LogP contribution is -2.43. The number of halogens is 2. The molecule has 36 heavy (non-hydrogen) atoms. The Labute approximate surface area is 212 Å². The molecule has 1 unspecified atom stereocenters. The molecular weight excluding hydrogens is 468 g/mol. The van der Waals surface area contributed by atoms with Crippen LogP contribution in [0.25, 0.3) is 0 Å². The van der Waals surface area contributed by atoms with Crippen molar-refractivity contribution in [1.29, 1.82) is 0 Å². The molecule has 0 aliphatic heterocycles. The molecule has 7 nitrogen and oxygen atoms in total. The normalized spacial score (nSPS) is 13.9. The van der Waals surface area contributed by atoms with Crippen LogP contribution in [-0.4, -0.2) is 58.0 Å². The maximum atomic E-state index is 13.8. The van der Waals surface area contributed by atoms with Gasteiger partial charge in [-0.05, 0) is 49.9 Å². The van der Waals surface area contributed by atoms with E-state index in [0.29, 0.717) is 37.4 Å². The van der Waals surface area contributed by atoms with Crippen molar-refractivity contribution < 1.29 is 28.5 Å². The van der Waals surface area contributed by atoms with E-state index in [-0.39, 0.29) is 24.4 Å². The van der Waals surface area contributed by atoms with Gasteiger partial charge in [0.15, 0.2) is 0 Å². The summed E-state index contributed by atoms with van der Waals surface area (Å²) < 4.78 is 33.1. The Balaban J connectivity index is 2.19. The molecule has 200 valence electrons. The number of aliphatic hydroxyl groups is 2. The fourth-order valence-electron chi connectivity index (χ4n) is 4.01. The summed E-state index contributed by atoms with van der Waals surface area (Å²) in [7, 11) is 0. The van der Waals surface area contributed by atoms with Gasteiger partial charge >= 0.3 is 0 Å². The number of ether oxygens (including phenoxy) is 1. The zero-order chi connectivity index (χ0) is 26.5. The summed E-state index contributed by atoms with van der Waals surface area (Å²) in [5.74, 6) is -1.31. The predicted molar refractivity (Wildman–Crippen MR) is 134 cm³/mol. The van der Waals surface area contributed by atoms with Gasteiger partial charge in [-0.25, -0.2) is 8.78 Å². The Kier molecular flexibility index (Phi) is 12.7. The van der Waals surface area contributed by atoms with Crippen molar-refractivity contribution in [3.05, 3.63) is 59.4 Å². The molecular formula is C27H39F2N3O4. The van der Waals surface area contributed by atoms with Gasteiger partial charge in [-0.15, -0.1) is 0 Å². The third kappa shape index (κ3) is 9.79. The van der Waals surface area contributed by atoms with Crippen molar-refractivity contribution in [2.24, 2.45) is 0 Å². The minimum atomic E-state index is -1.25. The number of nitrogens with one attached hydrogen (secondary N) is 1. The zero-order valence-electron chi connectivity index (χ0n) is 21.4. The molecule has 0 radical (unpaired) electrons. The topological polar surface area (TPSA) is 94.9 Å². The van der Waals surface area contributed by atoms with Crippen molar-refractivity contribution in [2.75, 3.05) is 19.7 Å². The van der Waals surface area contributed by atoms with E-state index in [1.807, 2.05) is 18.7 Å². The lowest BCUT2D eigenvalue weighted by Gasteiger charge is -2.28. The van der Waals surface area contributed by atoms with Gasteiger partial charge in [0.05, 0.1) is 18.3 Å². The van der Waals surface area contributed by atoms with Crippen LogP contribution < -0.4 is 10.1 Å². The molecule has 3 N–H and O–H groups in total. The van der Waals surface area contributed by atoms with Crippen molar-refractivity contribution in [3.63, 3.8) is 0 Å². The summed E-state index contributed by atoms with van der Waals surface area (Å²) in [5, 5.41) is 24.4. The van der Waals surface area contributed by atoms with E-state index in [2.05, 4.69) is 17.2 Å². The second kappa shape index (κ2) is 15.5. The van der Waals surface area contributed by atoms with E-state index < -0.39 is 30.0 Å². The highest BCUT2D eigenvalue weighted by Gasteiger charge is 2.26. The number of nitrogens with zero attached hydrogens (tertiary/aromatic N) is 2. The Bertz CT molecular complexity index is 927. The summed E-state index contributed by atoms with van der Waals surface area (Å²) >= 11 is 0. The molecule has 0 aliphatic rings. The first-order valence-electron chi connectivity index (χ1n) is 12.7. The number of rotatable bonds is 16. The second-order valence-corrected chi connectivity index (χ2v) is 8.86. The van der Waals surface area contributed by atoms with E-state index in [9.17, 15) is 23.8 Å². The van der Waals surface area contributed by atoms with Crippen LogP contribution in [0.1, 0.15) is 70.2 Å². The minimum absolute atomic E-state index is 0.0138. The Hall–Kier alpha value is -2.62. The lowest BCUT2D eigenvalue weighted by atomic mass is 9.98. The summed E-state index contributed by atoms with van der Waals surface area (Å²) in [5.41, 5.74) is 0.562. The maximum Gasteiger partial charge on any atom is 0.221 e. The molecule has 0 spiro atoms. The molecule has 0 fully saturated rings. The van der Waals surface area contributed by atoms with Crippen LogP contribution in [0.3, 0.4) is 0 Å². The molecule has 3 atom stereocenters. The molecule has 0 saturated carbocycles. The lowest BCUT2D eigenvalue weighted by molar-refractivity contribution is -0.123. The summed E-state index contributed by atoms with van der Waals surface area (Å²) in [6.45, 7) is 7.34. The molecule has 0 bridgehead atoms. The Morgan fingerprint density at radius 2 is 1.81 bits per heavy atom. The third-order valence-corrected chi connectivity index (χ3v) is 5.87. The number of aliphatic hydroxyl groups excluding tert-OH is 2. The molecule has 2 aromatic rings. The van der Waals surface area contributed by atoms with Crippen molar-refractivity contribution in [1.82, 2.24) is 15.2 Å². The number of carbonyl (C=O) groups is 1. The molecule has 2 rings (SSSR count). The Morgan fingerprint density at radius 1 is 1.08 bits per heavy atom. The number of amides is 1. The number of unbranched alkanes of at least 4 members (excludes halogenated alkanes) is 1. The second-order valence-electron chi connectivity index (χ2n) is 8.86. The number of carbonyl (C=O) groups excluding carboxylic acids is 1. The largest absolute Gasteiger partial charge is 0.494 e. The first-order valence-corrected chi connectivity index (χ1v) is 12.7. The van der Waals surface area contributed by atoms with Gasteiger partial charge in [0.2, 0.25) is 5.91 Å². The minimum Gasteiger partial charge on any atom is -0.494 e. The number of benzene rings is 1. The van der Waals surface area contributed by atoms with E-state index in [0.717, 1.165) is 25.3 Å². The van der Waals surface area contributed by atoms with Gasteiger partial charge in [0, 0.05) is 37.8 Å². The van der Waals surface area contributed by atoms with Gasteiger partial charge in [-0.3, -0.25) is 14.7 Å². The monoisotopic (exact) mass is 507 g/mol. The van der Waals surface area contributed by atoms with E-state index >= 15 is 0 Å². The molecule has 1 aromatic heterocycles. The van der Waals surface area contributed by atoms with Crippen LogP contribution in [0, 0.1) is 11.6 Å². The SMILES string of the molecule is CCCCN(CCC(=O)N[C@@H](Cc1cc(F)cc(F)c1)[C@H](O)c1cc(OCC)ccn1)C(O)CCC. The van der Waals surface area contributed by atoms with Gasteiger partial charge < -0.3 is 20.3 Å². The van der Waals surface area contributed by atoms with Gasteiger partial charge in [-0.2, -0.15) is 0 Å². The molecule has 9 heteroatoms. The van der Waals surface area contributed by atoms with E-state index in [1.54, 1.807) is 12.1 Å². The summed E-state index contributed by atoms with van der Waals surface area (Å²) in [4.78, 5) is 19.0. The van der Waals surface area contributed by atoms with Crippen LogP contribution in [0.15, 0.2) is 36.5 Å². The van der Waals surface area contributed by atoms with E-state index in [1.165, 1.54) is 18.3 Å². The van der Waals surface area contributed by atoms with Crippen LogP contribution in [0.4, 0.5) is 8.78 Å². The Morgan fingerprint density at radius 3 is 2.44 bits per heavy atom. The predicted octanol–water partition coefficient (Wildman–Crippen LogP) is 4.13. The van der Waals surface area contributed by atoms with Crippen molar-refractivity contribution >= 4 is 5.91 Å². The first-order chi connectivity index (χ1) is 17.3. The fourth-order valence-corrected chi connectivity index (χ4v) is 4.01. The quantitative estimate of drug-likeness (QED) is 0.296. The van der Waals surface area contributed by atoms with Gasteiger partial charge in [0.1, 0.15) is 29.7 Å². The highest BCUT2D eigenvalue weighted by Crippen LogP contribution is 2.23. The molecule has 0 saturated heterocycles. The summed E-state index contributed by atoms with van der Waals surface area (Å²) in [6, 6.07) is 5.45. The number of hydrogen-bond donors (Lipinski definition) is 3. The molecule has 0 aliphatic carbocycles. The fraction of sp³-hybridized carbons (Fsp3) is 0.556. The molecule has 1 aromatic carbocycles. The number of pyridine rings is 1. The summed E-state index contributed by atoms with van der Waals surface area (Å²) in [6.07, 6.45) is 2.99. The van der Waals surface area contributed by atoms with E-state index in [4.69, 9.17) is 4.74 Å². The highest BCUT2D eigenvalue weighted by molar-refractivity contribution is 5.76. The van der Waals surface area contributed by atoms with Crippen LogP contribution in [-0.2, 0) is 11.2 Å². The van der Waals surface area contributed by atoms with Crippen molar-refractivity contribution in [3.8, 4) is 5.75 Å². The molecule has 1 amide bonds. The number of hydrogen-bond acceptors (Lipinski definition) is 6. The van der Waals surface area contributed by atoms with Crippen molar-refractivity contribution in [2.45, 2.75) is 77.7 Å². The third-order valence-electron chi connectivity index (χ3n) is 5.87. The first kappa shape index (κ1) is 29.6. The maximum absolute atomic E-state index is 13.8. The smallest absolute Gasteiger partial charge is 0.221 e. The standard InChI is InChI=1S/C27H39F2N3O4/c1-4-7-12-32(26(34)8-5-2)13-10-25(33)31-24(16-19-14-20(28)17-21(29)15-19)27(35)23-18-22(36-6-3)9-11-30-23/h9,11,14-15,17-18,24,26-27,34-35H,4-8,10,12-13,16H2,1-3H3,(H,31,33)/t24-,26?,27+/m0/s1. The highest BCUT2D eigenvalue weighted by atomic mass is 19.1. The van der Waals surface area contributed by atoms with Gasteiger partial charge in [-0.1, -0.05) is 26.7 Å². The van der Waals surface area contributed by atoms with Crippen LogP contribution in [0.5, 0.6) is 5.75 Å². The molecule has 1 heterocycles. The van der Waals surface area contributed by atoms with Crippen LogP contribution >= 0.6 is 0 Å².